The van der Waals surface area contributed by atoms with Gasteiger partial charge in [-0.25, -0.2) is 13.8 Å². The summed E-state index contributed by atoms with van der Waals surface area (Å²) < 4.78 is 28.1. The van der Waals surface area contributed by atoms with Crippen molar-refractivity contribution in [3.05, 3.63) is 77.4 Å². The van der Waals surface area contributed by atoms with Gasteiger partial charge in [-0.3, -0.25) is 9.20 Å². The van der Waals surface area contributed by atoms with Crippen LogP contribution in [0.5, 0.6) is 0 Å². The minimum atomic E-state index is -1.05. The molecule has 0 unspecified atom stereocenters. The number of aromatic nitrogens is 2. The number of hydrogen-bond donors (Lipinski definition) is 1. The van der Waals surface area contributed by atoms with E-state index in [1.807, 2.05) is 34.3 Å². The molecule has 7 heteroatoms. The summed E-state index contributed by atoms with van der Waals surface area (Å²) in [6, 6.07) is 10.2. The van der Waals surface area contributed by atoms with Gasteiger partial charge in [-0.2, -0.15) is 0 Å². The highest BCUT2D eigenvalue weighted by Gasteiger charge is 2.10. The lowest BCUT2D eigenvalue weighted by Gasteiger charge is -2.06. The third kappa shape index (κ3) is 3.01. The van der Waals surface area contributed by atoms with Gasteiger partial charge in [0.05, 0.1) is 5.69 Å². The first kappa shape index (κ1) is 15.5. The highest BCUT2D eigenvalue weighted by molar-refractivity contribution is 7.15. The van der Waals surface area contributed by atoms with Gasteiger partial charge in [0.2, 0.25) is 0 Å². The summed E-state index contributed by atoms with van der Waals surface area (Å²) in [6.45, 7) is 0. The molecule has 25 heavy (non-hydrogen) atoms. The Bertz CT molecular complexity index is 1040. The Labute approximate surface area is 145 Å². The highest BCUT2D eigenvalue weighted by Crippen LogP contribution is 2.23. The zero-order valence-corrected chi connectivity index (χ0v) is 13.6. The van der Waals surface area contributed by atoms with E-state index < -0.39 is 17.5 Å². The summed E-state index contributed by atoms with van der Waals surface area (Å²) in [7, 11) is 0. The quantitative estimate of drug-likeness (QED) is 0.584. The van der Waals surface area contributed by atoms with Gasteiger partial charge in [0.1, 0.15) is 0 Å². The standard InChI is InChI=1S/C18H11F2N3OS/c19-14-6-3-12(9-15(14)20)17(24)21-13-4-1-11(2-5-13)16-10-23-7-8-25-18(23)22-16/h1-10H,(H,21,24). The number of hydrogen-bond acceptors (Lipinski definition) is 3. The van der Waals surface area contributed by atoms with E-state index in [9.17, 15) is 13.6 Å². The molecule has 0 aliphatic heterocycles. The van der Waals surface area contributed by atoms with E-state index in [0.29, 0.717) is 5.69 Å². The van der Waals surface area contributed by atoms with Crippen LogP contribution in [0.25, 0.3) is 16.2 Å². The topological polar surface area (TPSA) is 46.4 Å². The molecule has 2 aromatic carbocycles. The molecular weight excluding hydrogens is 344 g/mol. The second-order valence-electron chi connectivity index (χ2n) is 5.38. The first-order valence-corrected chi connectivity index (χ1v) is 8.27. The van der Waals surface area contributed by atoms with Gasteiger partial charge in [-0.15, -0.1) is 11.3 Å². The first-order valence-electron chi connectivity index (χ1n) is 7.39. The molecular formula is C18H11F2N3OS. The van der Waals surface area contributed by atoms with Crippen LogP contribution >= 0.6 is 11.3 Å². The SMILES string of the molecule is O=C(Nc1ccc(-c2cn3ccsc3n2)cc1)c1ccc(F)c(F)c1. The van der Waals surface area contributed by atoms with Crippen molar-refractivity contribution in [3.63, 3.8) is 0 Å². The van der Waals surface area contributed by atoms with E-state index in [4.69, 9.17) is 0 Å². The molecule has 2 heterocycles. The Balaban J connectivity index is 1.52. The van der Waals surface area contributed by atoms with Crippen molar-refractivity contribution in [2.75, 3.05) is 5.32 Å². The minimum absolute atomic E-state index is 0.0531. The van der Waals surface area contributed by atoms with Crippen LogP contribution in [0.15, 0.2) is 60.2 Å². The number of nitrogens with zero attached hydrogens (tertiary/aromatic N) is 2. The first-order chi connectivity index (χ1) is 12.1. The van der Waals surface area contributed by atoms with Gasteiger partial charge >= 0.3 is 0 Å². The lowest BCUT2D eigenvalue weighted by atomic mass is 10.1. The summed E-state index contributed by atoms with van der Waals surface area (Å²) in [5.74, 6) is -2.54. The van der Waals surface area contributed by atoms with E-state index >= 15 is 0 Å². The number of nitrogens with one attached hydrogen (secondary N) is 1. The molecule has 4 nitrogen and oxygen atoms in total. The monoisotopic (exact) mass is 355 g/mol. The van der Waals surface area contributed by atoms with Gasteiger partial charge in [-0.05, 0) is 30.3 Å². The molecule has 1 N–H and O–H groups in total. The van der Waals surface area contributed by atoms with E-state index in [1.54, 1.807) is 23.5 Å². The normalized spacial score (nSPS) is 11.0. The Hall–Kier alpha value is -3.06. The number of thiazole rings is 1. The molecule has 0 aliphatic rings. The maximum atomic E-state index is 13.2. The molecule has 2 aromatic heterocycles. The van der Waals surface area contributed by atoms with Crippen molar-refractivity contribution in [1.29, 1.82) is 0 Å². The van der Waals surface area contributed by atoms with Crippen LogP contribution in [0.3, 0.4) is 0 Å². The lowest BCUT2D eigenvalue weighted by Crippen LogP contribution is -2.12. The third-order valence-electron chi connectivity index (χ3n) is 3.71. The zero-order valence-electron chi connectivity index (χ0n) is 12.7. The Kier molecular flexibility index (Phi) is 3.77. The van der Waals surface area contributed by atoms with Gasteiger partial charge < -0.3 is 5.32 Å². The molecule has 0 saturated heterocycles. The van der Waals surface area contributed by atoms with Crippen LogP contribution < -0.4 is 5.32 Å². The van der Waals surface area contributed by atoms with Crippen molar-refractivity contribution in [2.24, 2.45) is 0 Å². The summed E-state index contributed by atoms with van der Waals surface area (Å²) >= 11 is 1.55. The molecule has 0 bridgehead atoms. The summed E-state index contributed by atoms with van der Waals surface area (Å²) in [4.78, 5) is 17.5. The average Bonchev–Trinajstić information content (AvgIpc) is 3.20. The zero-order chi connectivity index (χ0) is 17.4. The van der Waals surface area contributed by atoms with E-state index in [-0.39, 0.29) is 5.56 Å². The molecule has 0 fully saturated rings. The number of rotatable bonds is 3. The Morgan fingerprint density at radius 3 is 2.60 bits per heavy atom. The van der Waals surface area contributed by atoms with Crippen LogP contribution in [-0.4, -0.2) is 15.3 Å². The lowest BCUT2D eigenvalue weighted by molar-refractivity contribution is 0.102. The number of imidazole rings is 1. The van der Waals surface area contributed by atoms with Crippen LogP contribution in [0.1, 0.15) is 10.4 Å². The smallest absolute Gasteiger partial charge is 0.255 e. The Morgan fingerprint density at radius 2 is 1.88 bits per heavy atom. The predicted molar refractivity (Wildman–Crippen MR) is 92.8 cm³/mol. The number of fused-ring (bicyclic) bond motifs is 1. The van der Waals surface area contributed by atoms with Crippen molar-refractivity contribution in [2.45, 2.75) is 0 Å². The minimum Gasteiger partial charge on any atom is -0.322 e. The summed E-state index contributed by atoms with van der Waals surface area (Å²) in [5.41, 5.74) is 2.36. The second kappa shape index (κ2) is 6.10. The highest BCUT2D eigenvalue weighted by atomic mass is 32.1. The largest absolute Gasteiger partial charge is 0.322 e. The summed E-state index contributed by atoms with van der Waals surface area (Å²) in [5, 5.41) is 4.61. The fourth-order valence-corrected chi connectivity index (χ4v) is 3.13. The van der Waals surface area contributed by atoms with Crippen LogP contribution in [0.2, 0.25) is 0 Å². The number of benzene rings is 2. The van der Waals surface area contributed by atoms with Crippen LogP contribution in [0, 0.1) is 11.6 Å². The summed E-state index contributed by atoms with van der Waals surface area (Å²) in [6.07, 6.45) is 3.87. The van der Waals surface area contributed by atoms with Gasteiger partial charge in [0.25, 0.3) is 5.91 Å². The van der Waals surface area contributed by atoms with E-state index in [2.05, 4.69) is 10.3 Å². The molecule has 0 spiro atoms. The maximum Gasteiger partial charge on any atom is 0.255 e. The fraction of sp³-hybridized carbons (Fsp3) is 0. The number of anilines is 1. The average molecular weight is 355 g/mol. The molecule has 4 aromatic rings. The number of carbonyl (C=O) groups is 1. The van der Waals surface area contributed by atoms with E-state index in [0.717, 1.165) is 28.4 Å². The van der Waals surface area contributed by atoms with Gasteiger partial charge in [-0.1, -0.05) is 12.1 Å². The number of halogens is 2. The molecule has 0 radical (unpaired) electrons. The van der Waals surface area contributed by atoms with Crippen LogP contribution in [-0.2, 0) is 0 Å². The molecule has 1 amide bonds. The fourth-order valence-electron chi connectivity index (χ4n) is 2.43. The second-order valence-corrected chi connectivity index (χ2v) is 6.25. The molecule has 124 valence electrons. The van der Waals surface area contributed by atoms with Crippen LogP contribution in [0.4, 0.5) is 14.5 Å². The molecule has 0 aliphatic carbocycles. The van der Waals surface area contributed by atoms with Crippen molar-refractivity contribution >= 4 is 27.9 Å². The maximum absolute atomic E-state index is 13.2. The molecule has 0 saturated carbocycles. The molecule has 4 rings (SSSR count). The molecule has 0 atom stereocenters. The van der Waals surface area contributed by atoms with Crippen molar-refractivity contribution in [1.82, 2.24) is 9.38 Å². The Morgan fingerprint density at radius 1 is 1.08 bits per heavy atom. The van der Waals surface area contributed by atoms with Crippen molar-refractivity contribution in [3.8, 4) is 11.3 Å². The third-order valence-corrected chi connectivity index (χ3v) is 4.48. The van der Waals surface area contributed by atoms with Gasteiger partial charge in [0.15, 0.2) is 16.6 Å². The predicted octanol–water partition coefficient (Wildman–Crippen LogP) is 4.59. The van der Waals surface area contributed by atoms with E-state index in [1.165, 1.54) is 6.07 Å². The number of carbonyl (C=O) groups excluding carboxylic acids is 1. The number of amides is 1. The van der Waals surface area contributed by atoms with Crippen molar-refractivity contribution < 1.29 is 13.6 Å². The van der Waals surface area contributed by atoms with Gasteiger partial charge in [0, 0.05) is 34.6 Å².